The molecule has 34 heavy (non-hydrogen) atoms. The summed E-state index contributed by atoms with van der Waals surface area (Å²) in [7, 11) is 0. The number of aryl methyl sites for hydroxylation is 1. The van der Waals surface area contributed by atoms with Gasteiger partial charge in [0.05, 0.1) is 6.67 Å². The molecule has 8 heteroatoms. The van der Waals surface area contributed by atoms with E-state index in [1.54, 1.807) is 12.4 Å². The average molecular weight is 471 g/mol. The Labute approximate surface area is 203 Å². The second kappa shape index (κ2) is 9.70. The van der Waals surface area contributed by atoms with Crippen molar-refractivity contribution >= 4 is 18.1 Å². The number of rotatable bonds is 5. The van der Waals surface area contributed by atoms with E-state index in [2.05, 4.69) is 58.5 Å². The predicted octanol–water partition coefficient (Wildman–Crippen LogP) is 4.29. The van der Waals surface area contributed by atoms with E-state index in [9.17, 15) is 4.79 Å². The van der Waals surface area contributed by atoms with E-state index in [1.165, 1.54) is 5.56 Å². The minimum Gasteiger partial charge on any atom is -0.355 e. The van der Waals surface area contributed by atoms with Gasteiger partial charge in [0, 0.05) is 49.2 Å². The van der Waals surface area contributed by atoms with Gasteiger partial charge in [-0.3, -0.25) is 19.2 Å². The number of benzene rings is 2. The summed E-state index contributed by atoms with van der Waals surface area (Å²) in [5.74, 6) is 0.819. The molecular formula is C26H26N6OS. The van der Waals surface area contributed by atoms with E-state index < -0.39 is 0 Å². The van der Waals surface area contributed by atoms with Crippen molar-refractivity contribution in [3.63, 3.8) is 0 Å². The van der Waals surface area contributed by atoms with Gasteiger partial charge < -0.3 is 5.32 Å². The fourth-order valence-electron chi connectivity index (χ4n) is 4.33. The molecule has 0 radical (unpaired) electrons. The summed E-state index contributed by atoms with van der Waals surface area (Å²) >= 11 is 5.95. The highest BCUT2D eigenvalue weighted by Crippen LogP contribution is 2.28. The first-order valence-electron chi connectivity index (χ1n) is 11.3. The molecule has 1 N–H and O–H groups in total. The zero-order valence-electron chi connectivity index (χ0n) is 19.0. The van der Waals surface area contributed by atoms with Crippen LogP contribution in [0.3, 0.4) is 0 Å². The van der Waals surface area contributed by atoms with E-state index in [-0.39, 0.29) is 11.9 Å². The van der Waals surface area contributed by atoms with E-state index in [4.69, 9.17) is 17.3 Å². The highest BCUT2D eigenvalue weighted by molar-refractivity contribution is 7.71. The van der Waals surface area contributed by atoms with E-state index in [1.807, 2.05) is 39.6 Å². The molecule has 1 saturated heterocycles. The topological polar surface area (TPSA) is 68.0 Å². The van der Waals surface area contributed by atoms with Crippen molar-refractivity contribution in [2.75, 3.05) is 13.1 Å². The van der Waals surface area contributed by atoms with Gasteiger partial charge in [0.2, 0.25) is 10.7 Å². The molecule has 7 nitrogen and oxygen atoms in total. The molecular weight excluding hydrogens is 444 g/mol. The lowest BCUT2D eigenvalue weighted by Gasteiger charge is -2.29. The van der Waals surface area contributed by atoms with Gasteiger partial charge in [-0.1, -0.05) is 48.0 Å². The highest BCUT2D eigenvalue weighted by Gasteiger charge is 2.27. The SMILES string of the molecule is Cc1ccc(-n2c(-c3ccncc3)nn(CN3CCNC(=O)C[C@@H]3c3ccccc3)c2=S)cc1. The summed E-state index contributed by atoms with van der Waals surface area (Å²) in [4.78, 5) is 18.8. The first-order chi connectivity index (χ1) is 16.6. The fraction of sp³-hybridized carbons (Fsp3) is 0.231. The molecule has 0 aliphatic carbocycles. The molecule has 0 unspecified atom stereocenters. The van der Waals surface area contributed by atoms with Crippen LogP contribution in [-0.4, -0.2) is 43.2 Å². The number of aromatic nitrogens is 4. The number of pyridine rings is 1. The van der Waals surface area contributed by atoms with Gasteiger partial charge in [-0.2, -0.15) is 0 Å². The maximum atomic E-state index is 12.4. The van der Waals surface area contributed by atoms with Crippen LogP contribution in [0.25, 0.3) is 17.1 Å². The van der Waals surface area contributed by atoms with E-state index in [0.29, 0.717) is 31.0 Å². The molecule has 2 aromatic carbocycles. The number of nitrogens with one attached hydrogen (secondary N) is 1. The van der Waals surface area contributed by atoms with Gasteiger partial charge in [-0.05, 0) is 49.0 Å². The van der Waals surface area contributed by atoms with E-state index in [0.717, 1.165) is 22.6 Å². The van der Waals surface area contributed by atoms with Crippen LogP contribution in [0.1, 0.15) is 23.6 Å². The summed E-state index contributed by atoms with van der Waals surface area (Å²) in [6.07, 6.45) is 3.91. The summed E-state index contributed by atoms with van der Waals surface area (Å²) in [5.41, 5.74) is 4.19. The van der Waals surface area contributed by atoms with Crippen molar-refractivity contribution in [1.82, 2.24) is 29.5 Å². The first kappa shape index (κ1) is 22.2. The molecule has 1 amide bonds. The van der Waals surface area contributed by atoms with Crippen molar-refractivity contribution in [1.29, 1.82) is 0 Å². The van der Waals surface area contributed by atoms with Crippen LogP contribution in [0.15, 0.2) is 79.1 Å². The smallest absolute Gasteiger partial charge is 0.221 e. The predicted molar refractivity (Wildman–Crippen MR) is 134 cm³/mol. The molecule has 0 spiro atoms. The standard InChI is InChI=1S/C26H26N6OS/c1-19-7-9-22(10-8-19)32-25(21-11-13-27-14-12-21)29-31(26(32)34)18-30-16-15-28-24(33)17-23(30)20-5-3-2-4-6-20/h2-14,23H,15-18H2,1H3,(H,28,33)/t23-/m1/s1. The fourth-order valence-corrected chi connectivity index (χ4v) is 4.62. The van der Waals surface area contributed by atoms with Crippen LogP contribution >= 0.6 is 12.2 Å². The van der Waals surface area contributed by atoms with Gasteiger partial charge >= 0.3 is 0 Å². The quantitative estimate of drug-likeness (QED) is 0.441. The Morgan fingerprint density at radius 2 is 1.76 bits per heavy atom. The zero-order valence-corrected chi connectivity index (χ0v) is 19.8. The number of amides is 1. The van der Waals surface area contributed by atoms with Crippen molar-refractivity contribution in [2.45, 2.75) is 26.1 Å². The summed E-state index contributed by atoms with van der Waals surface area (Å²) in [6.45, 7) is 3.83. The van der Waals surface area contributed by atoms with Crippen molar-refractivity contribution < 1.29 is 4.79 Å². The normalized spacial score (nSPS) is 16.7. The molecule has 1 aliphatic heterocycles. The molecule has 0 saturated carbocycles. The summed E-state index contributed by atoms with van der Waals surface area (Å²) < 4.78 is 4.46. The third kappa shape index (κ3) is 4.55. The van der Waals surface area contributed by atoms with E-state index >= 15 is 0 Å². The third-order valence-electron chi connectivity index (χ3n) is 6.11. The van der Waals surface area contributed by atoms with Crippen LogP contribution in [0.4, 0.5) is 0 Å². The molecule has 172 valence electrons. The monoisotopic (exact) mass is 470 g/mol. The summed E-state index contributed by atoms with van der Waals surface area (Å²) in [6, 6.07) is 22.2. The van der Waals surface area contributed by atoms with Crippen LogP contribution in [-0.2, 0) is 11.5 Å². The zero-order chi connectivity index (χ0) is 23.5. The molecule has 1 aliphatic rings. The second-order valence-electron chi connectivity index (χ2n) is 8.45. The van der Waals surface area contributed by atoms with Crippen LogP contribution < -0.4 is 5.32 Å². The number of nitrogens with zero attached hydrogens (tertiary/aromatic N) is 5. The largest absolute Gasteiger partial charge is 0.355 e. The number of hydrogen-bond donors (Lipinski definition) is 1. The Morgan fingerprint density at radius 1 is 1.03 bits per heavy atom. The maximum Gasteiger partial charge on any atom is 0.221 e. The molecule has 4 aromatic rings. The Kier molecular flexibility index (Phi) is 6.33. The van der Waals surface area contributed by atoms with Gasteiger partial charge in [-0.25, -0.2) is 4.68 Å². The van der Waals surface area contributed by atoms with Gasteiger partial charge in [0.25, 0.3) is 0 Å². The van der Waals surface area contributed by atoms with Crippen molar-refractivity contribution in [2.24, 2.45) is 0 Å². The van der Waals surface area contributed by atoms with Gasteiger partial charge in [0.1, 0.15) is 0 Å². The number of carbonyl (C=O) groups is 1. The van der Waals surface area contributed by atoms with Crippen molar-refractivity contribution in [3.8, 4) is 17.1 Å². The first-order valence-corrected chi connectivity index (χ1v) is 11.7. The number of hydrogen-bond acceptors (Lipinski definition) is 5. The third-order valence-corrected chi connectivity index (χ3v) is 6.50. The van der Waals surface area contributed by atoms with Gasteiger partial charge in [-0.15, -0.1) is 5.10 Å². The average Bonchev–Trinajstić information content (AvgIpc) is 3.07. The Balaban J connectivity index is 1.57. The molecule has 3 heterocycles. The molecule has 1 fully saturated rings. The lowest BCUT2D eigenvalue weighted by molar-refractivity contribution is -0.121. The Hall–Kier alpha value is -3.62. The molecule has 5 rings (SSSR count). The minimum absolute atomic E-state index is 0.0560. The molecule has 1 atom stereocenters. The highest BCUT2D eigenvalue weighted by atomic mass is 32.1. The van der Waals surface area contributed by atoms with Crippen LogP contribution in [0.5, 0.6) is 0 Å². The lowest BCUT2D eigenvalue weighted by Crippen LogP contribution is -2.33. The molecule has 0 bridgehead atoms. The van der Waals surface area contributed by atoms with Gasteiger partial charge in [0.15, 0.2) is 5.82 Å². The van der Waals surface area contributed by atoms with Crippen LogP contribution in [0.2, 0.25) is 0 Å². The lowest BCUT2D eigenvalue weighted by atomic mass is 10.0. The Morgan fingerprint density at radius 3 is 2.50 bits per heavy atom. The van der Waals surface area contributed by atoms with Crippen LogP contribution in [0, 0.1) is 11.7 Å². The van der Waals surface area contributed by atoms with Crippen molar-refractivity contribution in [3.05, 3.63) is 95.0 Å². The maximum absolute atomic E-state index is 12.4. The molecule has 2 aromatic heterocycles. The second-order valence-corrected chi connectivity index (χ2v) is 8.81. The summed E-state index contributed by atoms with van der Waals surface area (Å²) in [5, 5.41) is 7.95. The minimum atomic E-state index is -0.0560. The Bertz CT molecular complexity index is 1330. The number of carbonyl (C=O) groups excluding carboxylic acids is 1.